The number of aryl methyl sites for hydroxylation is 1. The molecule has 140 valence electrons. The molecule has 0 N–H and O–H groups in total. The summed E-state index contributed by atoms with van der Waals surface area (Å²) in [5.74, 6) is 0.660. The first-order valence-electron chi connectivity index (χ1n) is 9.66. The van der Waals surface area contributed by atoms with Gasteiger partial charge in [0.1, 0.15) is 0 Å². The molecule has 4 rings (SSSR count). The van der Waals surface area contributed by atoms with E-state index in [1.165, 1.54) is 41.1 Å². The highest BCUT2D eigenvalue weighted by Gasteiger charge is 2.22. The van der Waals surface area contributed by atoms with Crippen molar-refractivity contribution >= 4 is 42.8 Å². The molecular weight excluding hydrogens is 366 g/mol. The summed E-state index contributed by atoms with van der Waals surface area (Å²) in [5.41, 5.74) is 4.16. The third-order valence-electron chi connectivity index (χ3n) is 4.96. The smallest absolute Gasteiger partial charge is 0.0980 e. The molecule has 0 aliphatic rings. The second kappa shape index (κ2) is 6.72. The molecule has 0 aliphatic heterocycles. The molecule has 0 saturated heterocycles. The molecule has 0 spiro atoms. The summed E-state index contributed by atoms with van der Waals surface area (Å²) in [6, 6.07) is 11.3. The standard InChI is InChI=1S/C24H27NS2/c1-14(2)12-16-8-7-9-17-18-10-11-25-20(22(18)27-21(16)17)19-13-15(3)23(26-19)24(4,5)6/h7-11,13-14H,12H2,1-6H3. The highest BCUT2D eigenvalue weighted by atomic mass is 32.1. The number of benzene rings is 1. The zero-order valence-electron chi connectivity index (χ0n) is 17.0. The second-order valence-corrected chi connectivity index (χ2v) is 11.0. The van der Waals surface area contributed by atoms with Gasteiger partial charge in [0.2, 0.25) is 0 Å². The van der Waals surface area contributed by atoms with Crippen LogP contribution in [0.1, 0.15) is 50.6 Å². The molecule has 3 heteroatoms. The number of hydrogen-bond donors (Lipinski definition) is 0. The van der Waals surface area contributed by atoms with Crippen LogP contribution >= 0.6 is 22.7 Å². The van der Waals surface area contributed by atoms with Gasteiger partial charge in [0.15, 0.2) is 0 Å². The van der Waals surface area contributed by atoms with Gasteiger partial charge in [0, 0.05) is 26.5 Å². The fourth-order valence-corrected chi connectivity index (χ4v) is 6.52. The van der Waals surface area contributed by atoms with E-state index in [4.69, 9.17) is 4.98 Å². The summed E-state index contributed by atoms with van der Waals surface area (Å²) in [5, 5.41) is 2.72. The van der Waals surface area contributed by atoms with Gasteiger partial charge in [-0.15, -0.1) is 22.7 Å². The minimum Gasteiger partial charge on any atom is -0.254 e. The predicted molar refractivity (Wildman–Crippen MR) is 122 cm³/mol. The van der Waals surface area contributed by atoms with Crippen molar-refractivity contribution in [3.8, 4) is 10.6 Å². The fourth-order valence-electron chi connectivity index (χ4n) is 3.90. The minimum atomic E-state index is 0.172. The summed E-state index contributed by atoms with van der Waals surface area (Å²) >= 11 is 3.82. The molecule has 0 amide bonds. The number of hydrogen-bond acceptors (Lipinski definition) is 3. The van der Waals surface area contributed by atoms with Gasteiger partial charge in [-0.25, -0.2) is 0 Å². The van der Waals surface area contributed by atoms with E-state index < -0.39 is 0 Å². The number of thiophene rings is 2. The molecule has 1 nitrogen and oxygen atoms in total. The van der Waals surface area contributed by atoms with Crippen LogP contribution in [0.5, 0.6) is 0 Å². The van der Waals surface area contributed by atoms with Gasteiger partial charge in [-0.1, -0.05) is 52.8 Å². The van der Waals surface area contributed by atoms with Gasteiger partial charge < -0.3 is 0 Å². The molecule has 0 fully saturated rings. The summed E-state index contributed by atoms with van der Waals surface area (Å²) < 4.78 is 2.75. The van der Waals surface area contributed by atoms with E-state index in [2.05, 4.69) is 71.9 Å². The van der Waals surface area contributed by atoms with Crippen LogP contribution < -0.4 is 0 Å². The molecule has 27 heavy (non-hydrogen) atoms. The predicted octanol–water partition coefficient (Wildman–Crippen LogP) is 7.98. The molecule has 3 heterocycles. The van der Waals surface area contributed by atoms with Crippen LogP contribution in [-0.4, -0.2) is 4.98 Å². The van der Waals surface area contributed by atoms with Gasteiger partial charge >= 0.3 is 0 Å². The van der Waals surface area contributed by atoms with Crippen molar-refractivity contribution in [2.24, 2.45) is 5.92 Å². The van der Waals surface area contributed by atoms with Crippen molar-refractivity contribution < 1.29 is 0 Å². The van der Waals surface area contributed by atoms with Crippen LogP contribution in [0.3, 0.4) is 0 Å². The van der Waals surface area contributed by atoms with Crippen molar-refractivity contribution in [2.75, 3.05) is 0 Å². The van der Waals surface area contributed by atoms with Crippen LogP contribution in [0.2, 0.25) is 0 Å². The maximum atomic E-state index is 4.82. The van der Waals surface area contributed by atoms with Crippen molar-refractivity contribution in [2.45, 2.75) is 53.4 Å². The monoisotopic (exact) mass is 393 g/mol. The van der Waals surface area contributed by atoms with E-state index >= 15 is 0 Å². The van der Waals surface area contributed by atoms with E-state index in [-0.39, 0.29) is 5.41 Å². The van der Waals surface area contributed by atoms with Crippen LogP contribution in [0.25, 0.3) is 30.7 Å². The van der Waals surface area contributed by atoms with Crippen LogP contribution in [0.4, 0.5) is 0 Å². The van der Waals surface area contributed by atoms with Crippen molar-refractivity contribution in [3.63, 3.8) is 0 Å². The molecular formula is C24H27NS2. The maximum absolute atomic E-state index is 4.82. The highest BCUT2D eigenvalue weighted by Crippen LogP contribution is 2.44. The Hall–Kier alpha value is -1.71. The van der Waals surface area contributed by atoms with Crippen molar-refractivity contribution in [3.05, 3.63) is 52.5 Å². The summed E-state index contributed by atoms with van der Waals surface area (Å²) in [7, 11) is 0. The zero-order chi connectivity index (χ0) is 19.3. The first-order valence-corrected chi connectivity index (χ1v) is 11.3. The SMILES string of the molecule is Cc1cc(-c2nccc3c2sc2c(CC(C)C)cccc23)sc1C(C)(C)C. The molecule has 0 unspecified atom stereocenters. The number of pyridine rings is 1. The van der Waals surface area contributed by atoms with Gasteiger partial charge in [0.25, 0.3) is 0 Å². The Labute approximate surface area is 170 Å². The molecule has 0 atom stereocenters. The molecule has 0 aliphatic carbocycles. The third-order valence-corrected chi connectivity index (χ3v) is 7.93. The van der Waals surface area contributed by atoms with Gasteiger partial charge in [-0.3, -0.25) is 4.98 Å². The topological polar surface area (TPSA) is 12.9 Å². The first-order chi connectivity index (χ1) is 12.8. The number of nitrogens with zero attached hydrogens (tertiary/aromatic N) is 1. The van der Waals surface area contributed by atoms with E-state index in [0.29, 0.717) is 5.92 Å². The Balaban J connectivity index is 1.95. The lowest BCUT2D eigenvalue weighted by molar-refractivity contribution is 0.600. The lowest BCUT2D eigenvalue weighted by atomic mass is 9.92. The van der Waals surface area contributed by atoms with Gasteiger partial charge in [-0.2, -0.15) is 0 Å². The first kappa shape index (κ1) is 18.6. The van der Waals surface area contributed by atoms with E-state index in [9.17, 15) is 0 Å². The summed E-state index contributed by atoms with van der Waals surface area (Å²) in [6.07, 6.45) is 3.10. The van der Waals surface area contributed by atoms with Crippen molar-refractivity contribution in [1.29, 1.82) is 0 Å². The van der Waals surface area contributed by atoms with Crippen molar-refractivity contribution in [1.82, 2.24) is 4.98 Å². The Bertz CT molecular complexity index is 1120. The maximum Gasteiger partial charge on any atom is 0.0980 e. The Morgan fingerprint density at radius 3 is 2.41 bits per heavy atom. The van der Waals surface area contributed by atoms with E-state index in [1.807, 2.05) is 28.9 Å². The van der Waals surface area contributed by atoms with Gasteiger partial charge in [-0.05, 0) is 47.9 Å². The molecule has 0 saturated carbocycles. The number of aromatic nitrogens is 1. The highest BCUT2D eigenvalue weighted by molar-refractivity contribution is 7.27. The lowest BCUT2D eigenvalue weighted by Gasteiger charge is -2.17. The third kappa shape index (κ3) is 3.32. The van der Waals surface area contributed by atoms with Crippen LogP contribution in [0.15, 0.2) is 36.5 Å². The second-order valence-electron chi connectivity index (χ2n) is 8.90. The summed E-state index contributed by atoms with van der Waals surface area (Å²) in [6.45, 7) is 13.7. The number of fused-ring (bicyclic) bond motifs is 3. The Morgan fingerprint density at radius 1 is 1.00 bits per heavy atom. The number of rotatable bonds is 3. The lowest BCUT2D eigenvalue weighted by Crippen LogP contribution is -2.09. The largest absolute Gasteiger partial charge is 0.254 e. The van der Waals surface area contributed by atoms with E-state index in [1.54, 1.807) is 0 Å². The van der Waals surface area contributed by atoms with E-state index in [0.717, 1.165) is 12.1 Å². The average molecular weight is 394 g/mol. The minimum absolute atomic E-state index is 0.172. The molecule has 0 radical (unpaired) electrons. The fraction of sp³-hybridized carbons (Fsp3) is 0.375. The zero-order valence-corrected chi connectivity index (χ0v) is 18.6. The Morgan fingerprint density at radius 2 is 1.74 bits per heavy atom. The quantitative estimate of drug-likeness (QED) is 0.344. The molecule has 4 aromatic rings. The van der Waals surface area contributed by atoms with Gasteiger partial charge in [0.05, 0.1) is 15.3 Å². The molecule has 1 aromatic carbocycles. The average Bonchev–Trinajstić information content (AvgIpc) is 3.15. The van der Waals surface area contributed by atoms with Crippen LogP contribution in [-0.2, 0) is 11.8 Å². The normalized spacial score (nSPS) is 12.6. The summed E-state index contributed by atoms with van der Waals surface area (Å²) in [4.78, 5) is 7.57. The molecule has 3 aromatic heterocycles. The Kier molecular flexibility index (Phi) is 4.64. The van der Waals surface area contributed by atoms with Crippen LogP contribution in [0, 0.1) is 12.8 Å². The molecule has 0 bridgehead atoms.